The maximum absolute atomic E-state index is 5.60. The van der Waals surface area contributed by atoms with Gasteiger partial charge in [-0.05, 0) is 13.3 Å². The van der Waals surface area contributed by atoms with Crippen molar-refractivity contribution in [2.75, 3.05) is 24.4 Å². The van der Waals surface area contributed by atoms with Gasteiger partial charge in [-0.15, -0.1) is 0 Å². The number of hydrogen-bond acceptors (Lipinski definition) is 7. The predicted molar refractivity (Wildman–Crippen MR) is 67.0 cm³/mol. The second-order valence-corrected chi connectivity index (χ2v) is 4.00. The number of nitrogen functional groups attached to an aromatic ring is 1. The van der Waals surface area contributed by atoms with Crippen molar-refractivity contribution in [2.24, 2.45) is 5.84 Å². The number of aromatic nitrogens is 3. The Morgan fingerprint density at radius 2 is 2.06 bits per heavy atom. The van der Waals surface area contributed by atoms with Crippen LogP contribution in [0.1, 0.15) is 26.7 Å². The number of hydrogen-bond donors (Lipinski definition) is 2. The van der Waals surface area contributed by atoms with Gasteiger partial charge >= 0.3 is 6.01 Å². The van der Waals surface area contributed by atoms with Gasteiger partial charge in [0.05, 0.1) is 6.10 Å². The Kier molecular flexibility index (Phi) is 4.89. The van der Waals surface area contributed by atoms with Gasteiger partial charge in [0.2, 0.25) is 11.9 Å². The highest BCUT2D eigenvalue weighted by Gasteiger charge is 2.11. The lowest BCUT2D eigenvalue weighted by Crippen LogP contribution is -2.20. The van der Waals surface area contributed by atoms with E-state index in [1.54, 1.807) is 4.90 Å². The molecule has 7 heteroatoms. The van der Waals surface area contributed by atoms with Crippen LogP contribution in [0.2, 0.25) is 0 Å². The maximum Gasteiger partial charge on any atom is 0.323 e. The van der Waals surface area contributed by atoms with Crippen molar-refractivity contribution in [1.29, 1.82) is 0 Å². The van der Waals surface area contributed by atoms with Crippen molar-refractivity contribution in [3.63, 3.8) is 0 Å². The maximum atomic E-state index is 5.60. The number of ether oxygens (including phenoxy) is 1. The van der Waals surface area contributed by atoms with Crippen molar-refractivity contribution in [1.82, 2.24) is 15.0 Å². The molecule has 0 bridgehead atoms. The van der Waals surface area contributed by atoms with E-state index in [1.165, 1.54) is 0 Å². The number of rotatable bonds is 6. The Morgan fingerprint density at radius 1 is 1.35 bits per heavy atom. The average molecular weight is 240 g/mol. The standard InChI is InChI=1S/C10H20N6O/c1-5-6-7(2)17-10-13-8(15-11)12-9(14-10)16(3)4/h7H,5-6,11H2,1-4H3,(H,12,13,14,15). The first-order valence-corrected chi connectivity index (χ1v) is 5.63. The van der Waals surface area contributed by atoms with E-state index in [9.17, 15) is 0 Å². The quantitative estimate of drug-likeness (QED) is 0.561. The molecule has 0 aliphatic heterocycles. The lowest BCUT2D eigenvalue weighted by atomic mass is 10.2. The second kappa shape index (κ2) is 6.19. The molecule has 3 N–H and O–H groups in total. The Labute approximate surface area is 101 Å². The van der Waals surface area contributed by atoms with Gasteiger partial charge in [-0.2, -0.15) is 15.0 Å². The van der Waals surface area contributed by atoms with E-state index in [2.05, 4.69) is 27.3 Å². The molecule has 0 aliphatic rings. The monoisotopic (exact) mass is 240 g/mol. The summed E-state index contributed by atoms with van der Waals surface area (Å²) in [5.41, 5.74) is 2.40. The molecule has 1 aromatic rings. The van der Waals surface area contributed by atoms with E-state index in [1.807, 2.05) is 21.0 Å². The van der Waals surface area contributed by atoms with Gasteiger partial charge in [-0.25, -0.2) is 5.84 Å². The SMILES string of the molecule is CCCC(C)Oc1nc(NN)nc(N(C)C)n1. The molecular weight excluding hydrogens is 220 g/mol. The Hall–Kier alpha value is -1.63. The zero-order chi connectivity index (χ0) is 12.8. The molecule has 1 atom stereocenters. The topological polar surface area (TPSA) is 89.2 Å². The summed E-state index contributed by atoms with van der Waals surface area (Å²) < 4.78 is 5.60. The Bertz CT molecular complexity index is 357. The average Bonchev–Trinajstić information content (AvgIpc) is 2.28. The molecule has 0 saturated heterocycles. The fourth-order valence-corrected chi connectivity index (χ4v) is 1.31. The van der Waals surface area contributed by atoms with Gasteiger partial charge in [0, 0.05) is 14.1 Å². The molecule has 96 valence electrons. The van der Waals surface area contributed by atoms with E-state index >= 15 is 0 Å². The lowest BCUT2D eigenvalue weighted by molar-refractivity contribution is 0.192. The highest BCUT2D eigenvalue weighted by molar-refractivity contribution is 5.36. The number of nitrogens with one attached hydrogen (secondary N) is 1. The van der Waals surface area contributed by atoms with Crippen LogP contribution in [-0.4, -0.2) is 35.2 Å². The van der Waals surface area contributed by atoms with Crippen molar-refractivity contribution in [3.8, 4) is 6.01 Å². The molecule has 0 radical (unpaired) electrons. The third kappa shape index (κ3) is 4.03. The molecule has 0 fully saturated rings. The molecule has 1 heterocycles. The zero-order valence-electron chi connectivity index (χ0n) is 10.8. The summed E-state index contributed by atoms with van der Waals surface area (Å²) in [5, 5.41) is 0. The second-order valence-electron chi connectivity index (χ2n) is 4.00. The van der Waals surface area contributed by atoms with Crippen LogP contribution < -0.4 is 20.9 Å². The first-order valence-electron chi connectivity index (χ1n) is 5.63. The molecule has 0 aliphatic carbocycles. The summed E-state index contributed by atoms with van der Waals surface area (Å²) in [4.78, 5) is 14.1. The van der Waals surface area contributed by atoms with Gasteiger partial charge in [0.15, 0.2) is 0 Å². The third-order valence-corrected chi connectivity index (χ3v) is 2.13. The summed E-state index contributed by atoms with van der Waals surface area (Å²) in [7, 11) is 3.68. The van der Waals surface area contributed by atoms with E-state index in [4.69, 9.17) is 10.6 Å². The zero-order valence-corrected chi connectivity index (χ0v) is 10.8. The predicted octanol–water partition coefficient (Wildman–Crippen LogP) is 0.791. The van der Waals surface area contributed by atoms with Crippen molar-refractivity contribution in [2.45, 2.75) is 32.8 Å². The molecule has 0 saturated carbocycles. The summed E-state index contributed by atoms with van der Waals surface area (Å²) in [5.74, 6) is 6.10. The summed E-state index contributed by atoms with van der Waals surface area (Å²) in [6.45, 7) is 4.09. The van der Waals surface area contributed by atoms with E-state index in [-0.39, 0.29) is 12.1 Å². The number of nitrogens with two attached hydrogens (primary N) is 1. The van der Waals surface area contributed by atoms with Crippen LogP contribution in [0, 0.1) is 0 Å². The Balaban J connectivity index is 2.87. The molecule has 17 heavy (non-hydrogen) atoms. The smallest absolute Gasteiger partial charge is 0.323 e. The van der Waals surface area contributed by atoms with Gasteiger partial charge in [-0.1, -0.05) is 13.3 Å². The largest absolute Gasteiger partial charge is 0.460 e. The molecular formula is C10H20N6O. The number of anilines is 2. The minimum atomic E-state index is 0.0723. The van der Waals surface area contributed by atoms with Crippen LogP contribution in [0.3, 0.4) is 0 Å². The van der Waals surface area contributed by atoms with Crippen LogP contribution in [0.5, 0.6) is 6.01 Å². The van der Waals surface area contributed by atoms with Crippen LogP contribution in [0.4, 0.5) is 11.9 Å². The van der Waals surface area contributed by atoms with Crippen LogP contribution in [-0.2, 0) is 0 Å². The van der Waals surface area contributed by atoms with Crippen molar-refractivity contribution >= 4 is 11.9 Å². The number of nitrogens with zero attached hydrogens (tertiary/aromatic N) is 4. The summed E-state index contributed by atoms with van der Waals surface area (Å²) >= 11 is 0. The third-order valence-electron chi connectivity index (χ3n) is 2.13. The van der Waals surface area contributed by atoms with Gasteiger partial charge in [0.1, 0.15) is 0 Å². The molecule has 0 spiro atoms. The van der Waals surface area contributed by atoms with Crippen LogP contribution in [0.15, 0.2) is 0 Å². The molecule has 0 amide bonds. The normalized spacial score (nSPS) is 12.1. The van der Waals surface area contributed by atoms with Crippen LogP contribution in [0.25, 0.3) is 0 Å². The molecule has 1 aromatic heterocycles. The van der Waals surface area contributed by atoms with E-state index in [0.29, 0.717) is 11.9 Å². The van der Waals surface area contributed by atoms with Gasteiger partial charge < -0.3 is 9.64 Å². The Morgan fingerprint density at radius 3 is 2.59 bits per heavy atom. The van der Waals surface area contributed by atoms with Crippen LogP contribution >= 0.6 is 0 Å². The van der Waals surface area contributed by atoms with Crippen molar-refractivity contribution < 1.29 is 4.74 Å². The molecule has 7 nitrogen and oxygen atoms in total. The first-order chi connectivity index (χ1) is 8.06. The minimum absolute atomic E-state index is 0.0723. The fraction of sp³-hybridized carbons (Fsp3) is 0.700. The van der Waals surface area contributed by atoms with E-state index in [0.717, 1.165) is 12.8 Å². The van der Waals surface area contributed by atoms with Gasteiger partial charge in [0.25, 0.3) is 0 Å². The fourth-order valence-electron chi connectivity index (χ4n) is 1.31. The highest BCUT2D eigenvalue weighted by atomic mass is 16.5. The molecule has 1 rings (SSSR count). The molecule has 0 aromatic carbocycles. The van der Waals surface area contributed by atoms with Crippen molar-refractivity contribution in [3.05, 3.63) is 0 Å². The first kappa shape index (κ1) is 13.4. The number of hydrazine groups is 1. The lowest BCUT2D eigenvalue weighted by Gasteiger charge is -2.15. The minimum Gasteiger partial charge on any atom is -0.460 e. The van der Waals surface area contributed by atoms with Gasteiger partial charge in [-0.3, -0.25) is 5.43 Å². The molecule has 1 unspecified atom stereocenters. The summed E-state index contributed by atoms with van der Waals surface area (Å²) in [6.07, 6.45) is 2.08. The summed E-state index contributed by atoms with van der Waals surface area (Å²) in [6, 6.07) is 0.289. The van der Waals surface area contributed by atoms with E-state index < -0.39 is 0 Å². The highest BCUT2D eigenvalue weighted by Crippen LogP contribution is 2.14.